The van der Waals surface area contributed by atoms with Gasteiger partial charge in [0.1, 0.15) is 5.37 Å². The van der Waals surface area contributed by atoms with Gasteiger partial charge in [-0.3, -0.25) is 0 Å². The smallest absolute Gasteiger partial charge is 0.320 e. The summed E-state index contributed by atoms with van der Waals surface area (Å²) in [5, 5.41) is 0.217. The van der Waals surface area contributed by atoms with Crippen LogP contribution in [-0.4, -0.2) is 33.8 Å². The number of carbonyl (C=O) groups excluding carboxylic acids is 1. The molecule has 1 saturated heterocycles. The summed E-state index contributed by atoms with van der Waals surface area (Å²) in [6, 6.07) is 8.50. The zero-order chi connectivity index (χ0) is 12.2. The molecule has 17 heavy (non-hydrogen) atoms. The van der Waals surface area contributed by atoms with Crippen molar-refractivity contribution in [1.29, 1.82) is 0 Å². The van der Waals surface area contributed by atoms with Crippen molar-refractivity contribution < 1.29 is 4.79 Å². The van der Waals surface area contributed by atoms with Gasteiger partial charge in [0.25, 0.3) is 0 Å². The zero-order valence-corrected chi connectivity index (χ0v) is 11.1. The Balaban J connectivity index is 2.04. The second-order valence-electron chi connectivity index (χ2n) is 5.20. The second-order valence-corrected chi connectivity index (χ2v) is 6.32. The van der Waals surface area contributed by atoms with Gasteiger partial charge in [-0.2, -0.15) is 0 Å². The Morgan fingerprint density at radius 3 is 2.82 bits per heavy atom. The minimum Gasteiger partial charge on any atom is -0.320 e. The summed E-state index contributed by atoms with van der Waals surface area (Å²) in [7, 11) is 1.89. The van der Waals surface area contributed by atoms with Crippen LogP contribution in [0.1, 0.15) is 19.4 Å². The van der Waals surface area contributed by atoms with E-state index in [1.54, 1.807) is 11.8 Å². The average molecular weight is 248 g/mol. The van der Waals surface area contributed by atoms with E-state index in [1.807, 2.05) is 22.9 Å². The molecule has 0 aromatic heterocycles. The van der Waals surface area contributed by atoms with Gasteiger partial charge in [0.05, 0.1) is 5.54 Å². The number of hydrogen-bond donors (Lipinski definition) is 0. The molecule has 0 radical (unpaired) electrons. The molecule has 3 rings (SSSR count). The van der Waals surface area contributed by atoms with Gasteiger partial charge in [-0.15, -0.1) is 0 Å². The Morgan fingerprint density at radius 2 is 2.06 bits per heavy atom. The van der Waals surface area contributed by atoms with Crippen molar-refractivity contribution in [2.45, 2.75) is 36.2 Å². The van der Waals surface area contributed by atoms with Gasteiger partial charge in [0.15, 0.2) is 0 Å². The molecule has 2 amide bonds. The Hall–Kier alpha value is -1.16. The van der Waals surface area contributed by atoms with Gasteiger partial charge in [0.2, 0.25) is 0 Å². The number of rotatable bonds is 0. The lowest BCUT2D eigenvalue weighted by Crippen LogP contribution is -2.44. The number of amides is 2. The molecule has 0 aliphatic carbocycles. The molecule has 0 N–H and O–H groups in total. The molecule has 90 valence electrons. The third-order valence-corrected chi connectivity index (χ3v) is 5.54. The molecule has 0 spiro atoms. The Bertz CT molecular complexity index is 486. The van der Waals surface area contributed by atoms with E-state index in [9.17, 15) is 4.79 Å². The summed E-state index contributed by atoms with van der Waals surface area (Å²) in [4.78, 5) is 17.4. The standard InChI is InChI=1S/C13H16N2OS/c1-13(2)11-15(12(16)14(13)3)8-9-6-4-5-7-10(9)17-11/h4-7,11H,8H2,1-3H3/t11-/m0/s1. The molecule has 0 bridgehead atoms. The number of benzene rings is 1. The van der Waals surface area contributed by atoms with Crippen molar-refractivity contribution in [2.75, 3.05) is 7.05 Å². The van der Waals surface area contributed by atoms with E-state index in [2.05, 4.69) is 32.0 Å². The van der Waals surface area contributed by atoms with Crippen LogP contribution in [0.4, 0.5) is 4.79 Å². The highest BCUT2D eigenvalue weighted by atomic mass is 32.2. The summed E-state index contributed by atoms with van der Waals surface area (Å²) in [5.74, 6) is 0. The van der Waals surface area contributed by atoms with E-state index in [0.29, 0.717) is 0 Å². The van der Waals surface area contributed by atoms with Crippen LogP contribution in [0.3, 0.4) is 0 Å². The van der Waals surface area contributed by atoms with Crippen LogP contribution in [0.15, 0.2) is 29.2 Å². The van der Waals surface area contributed by atoms with Crippen molar-refractivity contribution >= 4 is 17.8 Å². The first-order chi connectivity index (χ1) is 8.01. The van der Waals surface area contributed by atoms with Gasteiger partial charge in [-0.1, -0.05) is 30.0 Å². The summed E-state index contributed by atoms with van der Waals surface area (Å²) < 4.78 is 0. The number of carbonyl (C=O) groups is 1. The number of nitrogens with zero attached hydrogens (tertiary/aromatic N) is 2. The molecule has 1 fully saturated rings. The van der Waals surface area contributed by atoms with Crippen molar-refractivity contribution in [3.8, 4) is 0 Å². The van der Waals surface area contributed by atoms with Crippen LogP contribution in [0.25, 0.3) is 0 Å². The van der Waals surface area contributed by atoms with E-state index in [1.165, 1.54) is 10.5 Å². The summed E-state index contributed by atoms with van der Waals surface area (Å²) in [6.07, 6.45) is 0. The van der Waals surface area contributed by atoms with Crippen molar-refractivity contribution in [2.24, 2.45) is 0 Å². The molecule has 2 aliphatic rings. The molecule has 0 unspecified atom stereocenters. The first kappa shape index (κ1) is 11.0. The highest BCUT2D eigenvalue weighted by Crippen LogP contribution is 2.46. The molecule has 1 aromatic carbocycles. The highest BCUT2D eigenvalue weighted by Gasteiger charge is 2.51. The highest BCUT2D eigenvalue weighted by molar-refractivity contribution is 8.00. The first-order valence-electron chi connectivity index (χ1n) is 5.81. The van der Waals surface area contributed by atoms with Crippen LogP contribution in [0, 0.1) is 0 Å². The quantitative estimate of drug-likeness (QED) is 0.705. The molecule has 2 heterocycles. The second kappa shape index (κ2) is 3.42. The normalized spacial score (nSPS) is 25.8. The minimum atomic E-state index is -0.116. The van der Waals surface area contributed by atoms with Crippen molar-refractivity contribution in [1.82, 2.24) is 9.80 Å². The number of hydrogen-bond acceptors (Lipinski definition) is 2. The maximum atomic E-state index is 12.2. The maximum absolute atomic E-state index is 12.2. The average Bonchev–Trinajstić information content (AvgIpc) is 2.49. The Labute approximate surface area is 106 Å². The molecule has 3 nitrogen and oxygen atoms in total. The molecule has 4 heteroatoms. The van der Waals surface area contributed by atoms with E-state index < -0.39 is 0 Å². The van der Waals surface area contributed by atoms with Crippen LogP contribution >= 0.6 is 11.8 Å². The fourth-order valence-electron chi connectivity index (χ4n) is 2.50. The van der Waals surface area contributed by atoms with Crippen LogP contribution in [-0.2, 0) is 6.54 Å². The SMILES string of the molecule is CN1C(=O)N2Cc3ccccc3S[C@H]2C1(C)C. The number of urea groups is 1. The molecule has 1 aromatic rings. The number of fused-ring (bicyclic) bond motifs is 2. The van der Waals surface area contributed by atoms with Gasteiger partial charge in [0, 0.05) is 18.5 Å². The summed E-state index contributed by atoms with van der Waals surface area (Å²) >= 11 is 1.81. The molecular formula is C13H16N2OS. The molecular weight excluding hydrogens is 232 g/mol. The van der Waals surface area contributed by atoms with Crippen LogP contribution in [0.2, 0.25) is 0 Å². The summed E-state index contributed by atoms with van der Waals surface area (Å²) in [6.45, 7) is 5.01. The monoisotopic (exact) mass is 248 g/mol. The fraction of sp³-hybridized carbons (Fsp3) is 0.462. The van der Waals surface area contributed by atoms with Crippen LogP contribution < -0.4 is 0 Å². The topological polar surface area (TPSA) is 23.6 Å². The zero-order valence-electron chi connectivity index (χ0n) is 10.3. The summed E-state index contributed by atoms with van der Waals surface area (Å²) in [5.41, 5.74) is 1.14. The largest absolute Gasteiger partial charge is 0.321 e. The fourth-order valence-corrected chi connectivity index (χ4v) is 3.92. The number of likely N-dealkylation sites (N-methyl/N-ethyl adjacent to an activating group) is 1. The lowest BCUT2D eigenvalue weighted by molar-refractivity contribution is 0.186. The van der Waals surface area contributed by atoms with E-state index in [4.69, 9.17) is 0 Å². The van der Waals surface area contributed by atoms with Crippen LogP contribution in [0.5, 0.6) is 0 Å². The van der Waals surface area contributed by atoms with Gasteiger partial charge >= 0.3 is 6.03 Å². The predicted octanol–water partition coefficient (Wildman–Crippen LogP) is 2.76. The lowest BCUT2D eigenvalue weighted by Gasteiger charge is -2.36. The maximum Gasteiger partial charge on any atom is 0.321 e. The molecule has 1 atom stereocenters. The third-order valence-electron chi connectivity index (χ3n) is 3.84. The van der Waals surface area contributed by atoms with Crippen molar-refractivity contribution in [3.05, 3.63) is 29.8 Å². The molecule has 2 aliphatic heterocycles. The third kappa shape index (κ3) is 1.40. The van der Waals surface area contributed by atoms with Gasteiger partial charge in [-0.25, -0.2) is 4.79 Å². The predicted molar refractivity (Wildman–Crippen MR) is 68.9 cm³/mol. The van der Waals surface area contributed by atoms with Gasteiger partial charge in [-0.05, 0) is 25.5 Å². The minimum absolute atomic E-state index is 0.116. The molecule has 0 saturated carbocycles. The number of thioether (sulfide) groups is 1. The van der Waals surface area contributed by atoms with E-state index in [-0.39, 0.29) is 16.9 Å². The van der Waals surface area contributed by atoms with Gasteiger partial charge < -0.3 is 9.80 Å². The first-order valence-corrected chi connectivity index (χ1v) is 6.69. The van der Waals surface area contributed by atoms with Crippen molar-refractivity contribution in [3.63, 3.8) is 0 Å². The Kier molecular flexibility index (Phi) is 2.20. The van der Waals surface area contributed by atoms with E-state index >= 15 is 0 Å². The Morgan fingerprint density at radius 1 is 1.35 bits per heavy atom. The lowest BCUT2D eigenvalue weighted by atomic mass is 10.1. The van der Waals surface area contributed by atoms with E-state index in [0.717, 1.165) is 6.54 Å².